The molecule has 9 aromatic rings. The van der Waals surface area contributed by atoms with E-state index in [-0.39, 0.29) is 39.6 Å². The predicted molar refractivity (Wildman–Crippen MR) is 350 cm³/mol. The molecule has 10 atom stereocenters. The molecule has 0 unspecified atom stereocenters. The molecule has 0 amide bonds. The van der Waals surface area contributed by atoms with Gasteiger partial charge in [-0.25, -0.2) is 4.79 Å². The molecule has 89 heavy (non-hydrogen) atoms. The first-order chi connectivity index (χ1) is 43.5. The van der Waals surface area contributed by atoms with Crippen molar-refractivity contribution in [3.63, 3.8) is 0 Å². The molecular formula is C74H75N3O10SSi. The van der Waals surface area contributed by atoms with Crippen LogP contribution in [0.25, 0.3) is 21.2 Å². The largest absolute Gasteiger partial charge is 0.459 e. The first kappa shape index (κ1) is 62.9. The standard InChI is InChI=1S/C74H75N3O10SSi/c1-52-39-43-60(44-40-52)88-73-70(82-48-55-29-15-7-16-30-55)69(81-47-54-27-13-6-14-28-54)67(64(86-73)51-84-89(74(2,3)4,61-35-19-9-20-36-61)62-37-21-10-22-38-62)87-72-65(76-77-75)68(80-46-53-25-11-5-12-26-53)66(63(85-72)50-83-71(78)58-32-17-8-18-33-58)79-49-56-41-42-57-31-23-24-34-59(57)45-56/h5-45,63-70,72-73H,46-51H2,1-4H3/t63-,64-,65-,66-,67-,68-,69+,70-,72-,73+/m1/s1. The molecule has 0 bridgehead atoms. The number of carbonyl (C=O) groups excluding carboxylic acids is 1. The lowest BCUT2D eigenvalue weighted by molar-refractivity contribution is -0.329. The van der Waals surface area contributed by atoms with Gasteiger partial charge in [-0.3, -0.25) is 0 Å². The smallest absolute Gasteiger partial charge is 0.338 e. The van der Waals surface area contributed by atoms with E-state index in [9.17, 15) is 10.3 Å². The van der Waals surface area contributed by atoms with Crippen LogP contribution in [0.5, 0.6) is 0 Å². The fourth-order valence-electron chi connectivity index (χ4n) is 11.9. The molecule has 9 aromatic carbocycles. The van der Waals surface area contributed by atoms with Crippen molar-refractivity contribution in [1.29, 1.82) is 0 Å². The summed E-state index contributed by atoms with van der Waals surface area (Å²) in [6.07, 6.45) is -8.24. The van der Waals surface area contributed by atoms with Crippen LogP contribution < -0.4 is 10.4 Å². The Hall–Kier alpha value is -7.73. The second kappa shape index (κ2) is 30.2. The van der Waals surface area contributed by atoms with Gasteiger partial charge in [0.25, 0.3) is 8.32 Å². The van der Waals surface area contributed by atoms with E-state index in [1.807, 2.05) is 127 Å². The third-order valence-electron chi connectivity index (χ3n) is 16.3. The molecule has 2 aliphatic rings. The highest BCUT2D eigenvalue weighted by Crippen LogP contribution is 2.43. The van der Waals surface area contributed by atoms with Crippen LogP contribution in [0.1, 0.15) is 58.9 Å². The molecule has 15 heteroatoms. The number of esters is 1. The normalized spacial score (nSPS) is 22.0. The Morgan fingerprint density at radius 2 is 1.00 bits per heavy atom. The number of benzene rings is 9. The maximum absolute atomic E-state index is 14.0. The van der Waals surface area contributed by atoms with E-state index < -0.39 is 79.8 Å². The number of carbonyl (C=O) groups is 1. The molecule has 2 heterocycles. The number of ether oxygens (including phenoxy) is 8. The molecule has 0 spiro atoms. The van der Waals surface area contributed by atoms with Crippen molar-refractivity contribution in [1.82, 2.24) is 0 Å². The zero-order valence-corrected chi connectivity index (χ0v) is 52.3. The van der Waals surface area contributed by atoms with Gasteiger partial charge in [-0.05, 0) is 91.2 Å². The molecule has 2 fully saturated rings. The van der Waals surface area contributed by atoms with Crippen LogP contribution in [0.15, 0.2) is 259 Å². The molecule has 0 N–H and O–H groups in total. The van der Waals surface area contributed by atoms with Gasteiger partial charge >= 0.3 is 5.97 Å². The number of hydrogen-bond acceptors (Lipinski definition) is 12. The van der Waals surface area contributed by atoms with Crippen LogP contribution in [0, 0.1) is 6.92 Å². The van der Waals surface area contributed by atoms with Gasteiger partial charge < -0.3 is 42.3 Å². The number of thioether (sulfide) groups is 1. The Balaban J connectivity index is 1.05. The Morgan fingerprint density at radius 1 is 0.517 bits per heavy atom. The molecule has 0 saturated carbocycles. The Morgan fingerprint density at radius 3 is 1.56 bits per heavy atom. The molecule has 13 nitrogen and oxygen atoms in total. The summed E-state index contributed by atoms with van der Waals surface area (Å²) in [5, 5.41) is 8.40. The third-order valence-corrected chi connectivity index (χ3v) is 22.5. The van der Waals surface area contributed by atoms with Crippen molar-refractivity contribution in [3.8, 4) is 0 Å². The fourth-order valence-corrected chi connectivity index (χ4v) is 17.6. The van der Waals surface area contributed by atoms with Gasteiger partial charge in [0, 0.05) is 9.81 Å². The van der Waals surface area contributed by atoms with Gasteiger partial charge in [-0.15, -0.1) is 0 Å². The maximum atomic E-state index is 14.0. The molecule has 0 aromatic heterocycles. The number of aryl methyl sites for hydroxylation is 1. The van der Waals surface area contributed by atoms with Crippen molar-refractivity contribution >= 4 is 47.2 Å². The lowest BCUT2D eigenvalue weighted by atomic mass is 9.95. The molecule has 2 saturated heterocycles. The average Bonchev–Trinajstić information content (AvgIpc) is 1.49. The number of hydrogen-bond donors (Lipinski definition) is 0. The lowest BCUT2D eigenvalue weighted by Crippen LogP contribution is -2.69. The highest BCUT2D eigenvalue weighted by atomic mass is 32.2. The third kappa shape index (κ3) is 15.6. The summed E-state index contributed by atoms with van der Waals surface area (Å²) in [7, 11) is -3.29. The van der Waals surface area contributed by atoms with Gasteiger partial charge in [0.15, 0.2) is 6.29 Å². The summed E-state index contributed by atoms with van der Waals surface area (Å²) in [4.78, 5) is 18.5. The SMILES string of the molecule is Cc1ccc(S[C@@H]2O[C@H](CO[Si](c3ccccc3)(c3ccccc3)C(C)(C)C)[C@@H](O[C@H]3O[C@H](COC(=O)c4ccccc4)[C@@H](OCc4ccc5ccccc5c4)[C@H](OCc4ccccc4)[C@H]3N=[N+]=[N-])[C@H](OCc3ccccc3)[C@H]2OCc2ccccc2)cc1. The van der Waals surface area contributed by atoms with Crippen molar-refractivity contribution in [3.05, 3.63) is 293 Å². The zero-order chi connectivity index (χ0) is 61.4. The second-order valence-electron chi connectivity index (χ2n) is 23.5. The number of nitrogens with zero attached hydrogens (tertiary/aromatic N) is 3. The van der Waals surface area contributed by atoms with Crippen LogP contribution in [0.2, 0.25) is 5.04 Å². The zero-order valence-electron chi connectivity index (χ0n) is 50.5. The second-order valence-corrected chi connectivity index (χ2v) is 29.0. The first-order valence-corrected chi connectivity index (χ1v) is 33.1. The molecule has 0 radical (unpaired) electrons. The predicted octanol–water partition coefficient (Wildman–Crippen LogP) is 14.5. The Kier molecular flexibility index (Phi) is 21.3. The van der Waals surface area contributed by atoms with E-state index in [4.69, 9.17) is 42.3 Å². The van der Waals surface area contributed by atoms with Crippen molar-refractivity contribution in [2.24, 2.45) is 5.11 Å². The van der Waals surface area contributed by atoms with Gasteiger partial charge in [0.1, 0.15) is 60.8 Å². The van der Waals surface area contributed by atoms with Crippen LogP contribution in [0.4, 0.5) is 0 Å². The van der Waals surface area contributed by atoms with Gasteiger partial charge in [-0.1, -0.05) is 262 Å². The summed E-state index contributed by atoms with van der Waals surface area (Å²) < 4.78 is 65.2. The summed E-state index contributed by atoms with van der Waals surface area (Å²) in [6.45, 7) is 9.09. The average molecular weight is 1230 g/mol. The van der Waals surface area contributed by atoms with Crippen molar-refractivity contribution < 1.29 is 47.1 Å². The Labute approximate surface area is 526 Å². The summed E-state index contributed by atoms with van der Waals surface area (Å²) >= 11 is 1.54. The number of fused-ring (bicyclic) bond motifs is 1. The minimum atomic E-state index is -3.29. The minimum Gasteiger partial charge on any atom is -0.459 e. The topological polar surface area (TPSA) is 149 Å². The molecule has 0 aliphatic carbocycles. The molecule has 456 valence electrons. The quantitative estimate of drug-likeness (QED) is 0.0177. The van der Waals surface area contributed by atoms with E-state index in [0.717, 1.165) is 53.9 Å². The number of rotatable bonds is 25. The van der Waals surface area contributed by atoms with Gasteiger partial charge in [0.05, 0.1) is 38.6 Å². The highest BCUT2D eigenvalue weighted by molar-refractivity contribution is 7.99. The molecular weight excluding hydrogens is 1150 g/mol. The lowest BCUT2D eigenvalue weighted by Gasteiger charge is -2.50. The van der Waals surface area contributed by atoms with Crippen LogP contribution in [0.3, 0.4) is 0 Å². The van der Waals surface area contributed by atoms with Crippen molar-refractivity contribution in [2.45, 2.75) is 125 Å². The van der Waals surface area contributed by atoms with E-state index in [0.29, 0.717) is 5.56 Å². The maximum Gasteiger partial charge on any atom is 0.338 e. The molecule has 2 aliphatic heterocycles. The van der Waals surface area contributed by atoms with E-state index in [1.165, 1.54) is 0 Å². The van der Waals surface area contributed by atoms with Crippen molar-refractivity contribution in [2.75, 3.05) is 13.2 Å². The van der Waals surface area contributed by atoms with Crippen LogP contribution >= 0.6 is 11.8 Å². The minimum absolute atomic E-state index is 0.0158. The van der Waals surface area contributed by atoms with Crippen LogP contribution in [-0.2, 0) is 68.7 Å². The summed E-state index contributed by atoms with van der Waals surface area (Å²) in [6, 6.07) is 80.9. The van der Waals surface area contributed by atoms with E-state index in [2.05, 4.69) is 135 Å². The van der Waals surface area contributed by atoms with E-state index >= 15 is 0 Å². The highest BCUT2D eigenvalue weighted by Gasteiger charge is 2.56. The monoisotopic (exact) mass is 1230 g/mol. The van der Waals surface area contributed by atoms with E-state index in [1.54, 1.807) is 36.0 Å². The Bertz CT molecular complexity index is 3660. The van der Waals surface area contributed by atoms with Crippen LogP contribution in [-0.4, -0.2) is 88.0 Å². The van der Waals surface area contributed by atoms with Gasteiger partial charge in [0.2, 0.25) is 0 Å². The number of azide groups is 1. The first-order valence-electron chi connectivity index (χ1n) is 30.3. The fraction of sp³-hybridized carbons (Fsp3) is 0.284. The van der Waals surface area contributed by atoms with Gasteiger partial charge in [-0.2, -0.15) is 0 Å². The summed E-state index contributed by atoms with van der Waals surface area (Å²) in [5.74, 6) is -0.565. The summed E-state index contributed by atoms with van der Waals surface area (Å²) in [5.41, 5.74) is 15.2. The molecule has 11 rings (SSSR count).